The smallest absolute Gasteiger partial charge is 0.357 e. The molecule has 0 bridgehead atoms. The molecule has 0 saturated carbocycles. The third-order valence-corrected chi connectivity index (χ3v) is 4.75. The lowest BCUT2D eigenvalue weighted by Crippen LogP contribution is -2.36. The monoisotopic (exact) mass is 354 g/mol. The predicted octanol–water partition coefficient (Wildman–Crippen LogP) is 4.27. The van der Waals surface area contributed by atoms with Crippen molar-refractivity contribution in [3.63, 3.8) is 0 Å². The van der Waals surface area contributed by atoms with Crippen LogP contribution in [0, 0.1) is 5.92 Å². The molecule has 0 unspecified atom stereocenters. The summed E-state index contributed by atoms with van der Waals surface area (Å²) in [6, 6.07) is 0. The molecule has 1 amide bonds. The fraction of sp³-hybridized carbons (Fsp3) is 0.722. The number of thiazole rings is 1. The summed E-state index contributed by atoms with van der Waals surface area (Å²) in [5, 5.41) is 2.49. The topological polar surface area (TPSA) is 59.5 Å². The molecule has 1 heterocycles. The van der Waals surface area contributed by atoms with Gasteiger partial charge in [0.05, 0.1) is 13.2 Å². The molecule has 0 radical (unpaired) electrons. The van der Waals surface area contributed by atoms with Gasteiger partial charge in [0.2, 0.25) is 5.91 Å². The van der Waals surface area contributed by atoms with Crippen LogP contribution < -0.4 is 0 Å². The molecular weight excluding hydrogens is 324 g/mol. The molecule has 136 valence electrons. The number of hydrogen-bond donors (Lipinski definition) is 0. The number of carbonyl (C=O) groups is 2. The first-order chi connectivity index (χ1) is 11.6. The number of esters is 1. The minimum atomic E-state index is -0.400. The Hall–Kier alpha value is -1.43. The molecule has 0 spiro atoms. The molecule has 0 N–H and O–H groups in total. The van der Waals surface area contributed by atoms with E-state index in [0.29, 0.717) is 18.8 Å². The van der Waals surface area contributed by atoms with E-state index in [1.54, 1.807) is 12.3 Å². The van der Waals surface area contributed by atoms with Gasteiger partial charge in [-0.3, -0.25) is 4.79 Å². The van der Waals surface area contributed by atoms with Crippen LogP contribution in [-0.4, -0.2) is 34.9 Å². The van der Waals surface area contributed by atoms with Gasteiger partial charge in [-0.15, -0.1) is 11.3 Å². The molecule has 0 aliphatic heterocycles. The summed E-state index contributed by atoms with van der Waals surface area (Å²) in [5.74, 6) is -0.107. The summed E-state index contributed by atoms with van der Waals surface area (Å²) in [6.07, 6.45) is 4.90. The number of carbonyl (C=O) groups excluding carboxylic acids is 2. The Bertz CT molecular complexity index is 516. The van der Waals surface area contributed by atoms with Crippen molar-refractivity contribution < 1.29 is 14.3 Å². The Morgan fingerprint density at radius 3 is 2.58 bits per heavy atom. The lowest BCUT2D eigenvalue weighted by atomic mass is 9.97. The number of amides is 1. The molecule has 24 heavy (non-hydrogen) atoms. The van der Waals surface area contributed by atoms with Gasteiger partial charge < -0.3 is 9.64 Å². The van der Waals surface area contributed by atoms with Crippen LogP contribution in [0.1, 0.15) is 75.3 Å². The van der Waals surface area contributed by atoms with Crippen LogP contribution in [0.4, 0.5) is 0 Å². The van der Waals surface area contributed by atoms with Gasteiger partial charge in [-0.1, -0.05) is 33.6 Å². The molecule has 6 heteroatoms. The molecule has 0 aliphatic carbocycles. The highest BCUT2D eigenvalue weighted by atomic mass is 32.1. The van der Waals surface area contributed by atoms with Crippen LogP contribution in [0.2, 0.25) is 0 Å². The first-order valence-electron chi connectivity index (χ1n) is 8.97. The Morgan fingerprint density at radius 1 is 1.25 bits per heavy atom. The maximum absolute atomic E-state index is 12.8. The first kappa shape index (κ1) is 20.6. The number of hydrogen-bond acceptors (Lipinski definition) is 5. The lowest BCUT2D eigenvalue weighted by molar-refractivity contribution is -0.136. The molecule has 1 rings (SSSR count). The van der Waals surface area contributed by atoms with Gasteiger partial charge in [0.25, 0.3) is 0 Å². The van der Waals surface area contributed by atoms with Crippen LogP contribution >= 0.6 is 11.3 Å². The average Bonchev–Trinajstić information content (AvgIpc) is 3.04. The molecule has 1 aromatic heterocycles. The standard InChI is InChI=1S/C18H30N2O3S/c1-5-9-10-14(7-3)17(21)20(11-6-2)12-16-19-15(13-24-16)18(22)23-8-4/h13-14H,5-12H2,1-4H3/t14-/m0/s1. The fourth-order valence-electron chi connectivity index (χ4n) is 2.59. The van der Waals surface area contributed by atoms with Crippen molar-refractivity contribution in [2.24, 2.45) is 5.92 Å². The molecule has 0 fully saturated rings. The zero-order chi connectivity index (χ0) is 17.9. The summed E-state index contributed by atoms with van der Waals surface area (Å²) in [7, 11) is 0. The number of rotatable bonds is 11. The molecule has 0 saturated heterocycles. The van der Waals surface area contributed by atoms with Crippen LogP contribution in [0.5, 0.6) is 0 Å². The van der Waals surface area contributed by atoms with E-state index in [1.807, 2.05) is 4.90 Å². The number of nitrogens with zero attached hydrogens (tertiary/aromatic N) is 2. The summed E-state index contributed by atoms with van der Waals surface area (Å²) in [5.41, 5.74) is 0.332. The highest BCUT2D eigenvalue weighted by Crippen LogP contribution is 2.20. The van der Waals surface area contributed by atoms with Crippen LogP contribution in [0.15, 0.2) is 5.38 Å². The second kappa shape index (κ2) is 11.2. The van der Waals surface area contributed by atoms with Crippen LogP contribution in [-0.2, 0) is 16.1 Å². The molecule has 0 aromatic carbocycles. The fourth-order valence-corrected chi connectivity index (χ4v) is 3.37. The average molecular weight is 355 g/mol. The Morgan fingerprint density at radius 2 is 2.00 bits per heavy atom. The van der Waals surface area contributed by atoms with E-state index >= 15 is 0 Å². The minimum absolute atomic E-state index is 0.0842. The Labute approximate surface area is 149 Å². The van der Waals surface area contributed by atoms with E-state index in [9.17, 15) is 9.59 Å². The minimum Gasteiger partial charge on any atom is -0.461 e. The van der Waals surface area contributed by atoms with Crippen molar-refractivity contribution in [2.45, 2.75) is 66.3 Å². The highest BCUT2D eigenvalue weighted by Gasteiger charge is 2.23. The first-order valence-corrected chi connectivity index (χ1v) is 9.85. The predicted molar refractivity (Wildman–Crippen MR) is 97.1 cm³/mol. The van der Waals surface area contributed by atoms with E-state index in [4.69, 9.17) is 4.74 Å². The van der Waals surface area contributed by atoms with Gasteiger partial charge in [-0.05, 0) is 26.2 Å². The lowest BCUT2D eigenvalue weighted by Gasteiger charge is -2.26. The van der Waals surface area contributed by atoms with Gasteiger partial charge in [-0.2, -0.15) is 0 Å². The zero-order valence-corrected chi connectivity index (χ0v) is 16.2. The molecule has 1 atom stereocenters. The normalized spacial score (nSPS) is 12.0. The molecular formula is C18H30N2O3S. The molecule has 5 nitrogen and oxygen atoms in total. The van der Waals surface area contributed by atoms with Gasteiger partial charge in [0.15, 0.2) is 5.69 Å². The van der Waals surface area contributed by atoms with Crippen molar-refractivity contribution in [3.05, 3.63) is 16.1 Å². The van der Waals surface area contributed by atoms with E-state index in [-0.39, 0.29) is 11.8 Å². The van der Waals surface area contributed by atoms with Crippen molar-refractivity contribution in [2.75, 3.05) is 13.2 Å². The van der Waals surface area contributed by atoms with E-state index in [2.05, 4.69) is 25.8 Å². The second-order valence-electron chi connectivity index (χ2n) is 5.85. The maximum Gasteiger partial charge on any atom is 0.357 e. The number of ether oxygens (including phenoxy) is 1. The highest BCUT2D eigenvalue weighted by molar-refractivity contribution is 7.09. The van der Waals surface area contributed by atoms with Crippen molar-refractivity contribution in [1.29, 1.82) is 0 Å². The van der Waals surface area contributed by atoms with E-state index < -0.39 is 5.97 Å². The summed E-state index contributed by atoms with van der Waals surface area (Å²) in [4.78, 5) is 30.8. The SMILES string of the molecule is CCCC[C@H](CC)C(=O)N(CCC)Cc1nc(C(=O)OCC)cs1. The second-order valence-corrected chi connectivity index (χ2v) is 6.80. The van der Waals surface area contributed by atoms with Gasteiger partial charge in [0, 0.05) is 17.8 Å². The van der Waals surface area contributed by atoms with Gasteiger partial charge in [0.1, 0.15) is 5.01 Å². The third kappa shape index (κ3) is 6.23. The van der Waals surface area contributed by atoms with Crippen molar-refractivity contribution in [1.82, 2.24) is 9.88 Å². The van der Waals surface area contributed by atoms with Crippen LogP contribution in [0.3, 0.4) is 0 Å². The van der Waals surface area contributed by atoms with Gasteiger partial charge >= 0.3 is 5.97 Å². The summed E-state index contributed by atoms with van der Waals surface area (Å²) >= 11 is 1.41. The quantitative estimate of drug-likeness (QED) is 0.557. The Kier molecular flexibility index (Phi) is 9.60. The van der Waals surface area contributed by atoms with Crippen molar-refractivity contribution in [3.8, 4) is 0 Å². The maximum atomic E-state index is 12.8. The van der Waals surface area contributed by atoms with E-state index in [1.165, 1.54) is 11.3 Å². The molecule has 0 aliphatic rings. The van der Waals surface area contributed by atoms with Crippen LogP contribution in [0.25, 0.3) is 0 Å². The largest absolute Gasteiger partial charge is 0.461 e. The zero-order valence-electron chi connectivity index (χ0n) is 15.3. The summed E-state index contributed by atoms with van der Waals surface area (Å²) in [6.45, 7) is 9.59. The van der Waals surface area contributed by atoms with Crippen molar-refractivity contribution >= 4 is 23.2 Å². The van der Waals surface area contributed by atoms with Gasteiger partial charge in [-0.25, -0.2) is 9.78 Å². The molecule has 1 aromatic rings. The van der Waals surface area contributed by atoms with E-state index in [0.717, 1.165) is 43.7 Å². The third-order valence-electron chi connectivity index (χ3n) is 3.92. The Balaban J connectivity index is 2.77. The summed E-state index contributed by atoms with van der Waals surface area (Å²) < 4.78 is 4.97. The number of unbranched alkanes of at least 4 members (excludes halogenated alkanes) is 1. The number of aromatic nitrogens is 1.